The normalized spacial score (nSPS) is 16.5. The van der Waals surface area contributed by atoms with Crippen LogP contribution in [0.15, 0.2) is 53.3 Å². The number of methoxy groups -OCH3 is 1. The van der Waals surface area contributed by atoms with Gasteiger partial charge in [0.05, 0.1) is 6.04 Å². The predicted octanol–water partition coefficient (Wildman–Crippen LogP) is 3.55. The first-order valence-corrected chi connectivity index (χ1v) is 11.0. The van der Waals surface area contributed by atoms with Gasteiger partial charge in [-0.1, -0.05) is 23.4 Å². The summed E-state index contributed by atoms with van der Waals surface area (Å²) in [5, 5.41) is 8.13. The van der Waals surface area contributed by atoms with Crippen molar-refractivity contribution in [3.8, 4) is 11.4 Å². The van der Waals surface area contributed by atoms with Gasteiger partial charge in [-0.25, -0.2) is 4.98 Å². The zero-order valence-corrected chi connectivity index (χ0v) is 18.7. The molecule has 9 heteroatoms. The van der Waals surface area contributed by atoms with Gasteiger partial charge in [-0.2, -0.15) is 4.98 Å². The van der Waals surface area contributed by atoms with E-state index in [0.717, 1.165) is 31.5 Å². The number of amides is 1. The lowest BCUT2D eigenvalue weighted by Crippen LogP contribution is -2.22. The summed E-state index contributed by atoms with van der Waals surface area (Å²) in [6.07, 6.45) is 5.90. The van der Waals surface area contributed by atoms with Gasteiger partial charge in [-0.3, -0.25) is 9.69 Å². The molecule has 5 rings (SSSR count). The topological polar surface area (TPSA) is 98.3 Å². The van der Waals surface area contributed by atoms with E-state index in [-0.39, 0.29) is 18.6 Å². The second kappa shape index (κ2) is 9.13. The Morgan fingerprint density at radius 3 is 2.97 bits per heavy atom. The number of aromatic nitrogens is 4. The molecule has 1 aromatic carbocycles. The average molecular weight is 447 g/mol. The van der Waals surface area contributed by atoms with E-state index in [4.69, 9.17) is 9.26 Å². The van der Waals surface area contributed by atoms with Crippen molar-refractivity contribution in [2.45, 2.75) is 25.4 Å². The van der Waals surface area contributed by atoms with Crippen molar-refractivity contribution in [3.05, 3.63) is 60.2 Å². The molecule has 1 fully saturated rings. The van der Waals surface area contributed by atoms with Crippen molar-refractivity contribution in [1.82, 2.24) is 24.6 Å². The molecule has 0 aliphatic carbocycles. The standard InChI is InChI=1S/C24H26N6O3/c1-29-13-17(18-6-3-4-7-19(18)29)14-30-11-5-8-20(30)24-27-23(28-33-24)16-9-10-21(25-12-16)26-22(31)15-32-2/h3-4,6-7,9-10,12-13,20H,5,8,11,14-15H2,1-2H3,(H,25,26,31)/t20-/m0/s1. The third-order valence-corrected chi connectivity index (χ3v) is 6.01. The molecule has 4 heterocycles. The van der Waals surface area contributed by atoms with Crippen LogP contribution in [0.4, 0.5) is 5.82 Å². The first-order valence-electron chi connectivity index (χ1n) is 11.0. The number of likely N-dealkylation sites (tertiary alicyclic amines) is 1. The van der Waals surface area contributed by atoms with E-state index in [1.807, 2.05) is 6.07 Å². The number of aryl methyl sites for hydroxylation is 1. The van der Waals surface area contributed by atoms with Crippen molar-refractivity contribution in [3.63, 3.8) is 0 Å². The number of carbonyl (C=O) groups is 1. The molecule has 0 saturated carbocycles. The highest BCUT2D eigenvalue weighted by molar-refractivity contribution is 5.90. The number of hydrogen-bond donors (Lipinski definition) is 1. The summed E-state index contributed by atoms with van der Waals surface area (Å²) in [6.45, 7) is 1.80. The Kier molecular flexibility index (Phi) is 5.89. The zero-order valence-electron chi connectivity index (χ0n) is 18.7. The van der Waals surface area contributed by atoms with Crippen LogP contribution >= 0.6 is 0 Å². The Morgan fingerprint density at radius 1 is 1.27 bits per heavy atom. The van der Waals surface area contributed by atoms with Crippen LogP contribution in [0.1, 0.15) is 30.3 Å². The second-order valence-corrected chi connectivity index (χ2v) is 8.28. The Bertz CT molecular complexity index is 1260. The van der Waals surface area contributed by atoms with E-state index >= 15 is 0 Å². The van der Waals surface area contributed by atoms with Gasteiger partial charge in [0.25, 0.3) is 5.91 Å². The third kappa shape index (κ3) is 4.37. The lowest BCUT2D eigenvalue weighted by atomic mass is 10.1. The van der Waals surface area contributed by atoms with Crippen LogP contribution in [0.3, 0.4) is 0 Å². The van der Waals surface area contributed by atoms with Crippen LogP contribution in [0.25, 0.3) is 22.3 Å². The zero-order chi connectivity index (χ0) is 22.8. The lowest BCUT2D eigenvalue weighted by molar-refractivity contribution is -0.119. The number of ether oxygens (including phenoxy) is 1. The molecule has 0 radical (unpaired) electrons. The molecule has 0 spiro atoms. The number of anilines is 1. The summed E-state index contributed by atoms with van der Waals surface area (Å²) in [6, 6.07) is 12.1. The Hall–Kier alpha value is -3.56. The molecule has 1 aliphatic rings. The van der Waals surface area contributed by atoms with Crippen LogP contribution in [0, 0.1) is 0 Å². The summed E-state index contributed by atoms with van der Waals surface area (Å²) < 4.78 is 12.7. The molecular weight excluding hydrogens is 420 g/mol. The molecule has 1 aliphatic heterocycles. The van der Waals surface area contributed by atoms with Gasteiger partial charge in [0, 0.05) is 49.6 Å². The Balaban J connectivity index is 1.31. The molecular formula is C24H26N6O3. The number of rotatable bonds is 7. The van der Waals surface area contributed by atoms with E-state index in [1.165, 1.54) is 23.6 Å². The Labute approximate surface area is 191 Å². The van der Waals surface area contributed by atoms with Crippen molar-refractivity contribution < 1.29 is 14.1 Å². The fourth-order valence-corrected chi connectivity index (χ4v) is 4.46. The SMILES string of the molecule is COCC(=O)Nc1ccc(-c2noc([C@@H]3CCCN3Cc3cn(C)c4ccccc34)n2)cn1. The smallest absolute Gasteiger partial charge is 0.251 e. The van der Waals surface area contributed by atoms with Gasteiger partial charge in [-0.15, -0.1) is 0 Å². The van der Waals surface area contributed by atoms with Crippen LogP contribution in [-0.4, -0.2) is 50.8 Å². The number of para-hydroxylation sites is 1. The summed E-state index contributed by atoms with van der Waals surface area (Å²) in [4.78, 5) is 23.0. The molecule has 9 nitrogen and oxygen atoms in total. The Morgan fingerprint density at radius 2 is 2.15 bits per heavy atom. The molecule has 1 atom stereocenters. The number of pyridine rings is 1. The molecule has 0 bridgehead atoms. The molecule has 1 N–H and O–H groups in total. The number of fused-ring (bicyclic) bond motifs is 1. The maximum Gasteiger partial charge on any atom is 0.251 e. The number of nitrogens with zero attached hydrogens (tertiary/aromatic N) is 5. The van der Waals surface area contributed by atoms with E-state index < -0.39 is 0 Å². The summed E-state index contributed by atoms with van der Waals surface area (Å²) in [7, 11) is 3.55. The third-order valence-electron chi connectivity index (χ3n) is 6.01. The van der Waals surface area contributed by atoms with Crippen molar-refractivity contribution in [2.75, 3.05) is 25.6 Å². The highest BCUT2D eigenvalue weighted by Gasteiger charge is 2.31. The number of carbonyl (C=O) groups excluding carboxylic acids is 1. The van der Waals surface area contributed by atoms with Gasteiger partial charge >= 0.3 is 0 Å². The second-order valence-electron chi connectivity index (χ2n) is 8.28. The van der Waals surface area contributed by atoms with E-state index in [9.17, 15) is 4.79 Å². The molecule has 170 valence electrons. The fourth-order valence-electron chi connectivity index (χ4n) is 4.46. The summed E-state index contributed by atoms with van der Waals surface area (Å²) >= 11 is 0. The van der Waals surface area contributed by atoms with Crippen molar-refractivity contribution >= 4 is 22.6 Å². The number of hydrogen-bond acceptors (Lipinski definition) is 7. The average Bonchev–Trinajstić information content (AvgIpc) is 3.55. The van der Waals surface area contributed by atoms with Gasteiger partial charge in [0.15, 0.2) is 0 Å². The molecule has 4 aromatic rings. The minimum atomic E-state index is -0.257. The number of nitrogens with one attached hydrogen (secondary N) is 1. The van der Waals surface area contributed by atoms with Gasteiger partial charge in [0.2, 0.25) is 11.7 Å². The maximum absolute atomic E-state index is 11.6. The lowest BCUT2D eigenvalue weighted by Gasteiger charge is -2.21. The van der Waals surface area contributed by atoms with Crippen molar-refractivity contribution in [2.24, 2.45) is 7.05 Å². The van der Waals surface area contributed by atoms with Crippen molar-refractivity contribution in [1.29, 1.82) is 0 Å². The molecule has 3 aromatic heterocycles. The first-order chi connectivity index (χ1) is 16.1. The summed E-state index contributed by atoms with van der Waals surface area (Å²) in [5.41, 5.74) is 3.26. The fraction of sp³-hybridized carbons (Fsp3) is 0.333. The minimum Gasteiger partial charge on any atom is -0.375 e. The van der Waals surface area contributed by atoms with E-state index in [0.29, 0.717) is 17.5 Å². The van der Waals surface area contributed by atoms with Crippen LogP contribution in [-0.2, 0) is 23.1 Å². The molecule has 0 unspecified atom stereocenters. The minimum absolute atomic E-state index is 0.0195. The predicted molar refractivity (Wildman–Crippen MR) is 123 cm³/mol. The van der Waals surface area contributed by atoms with Crippen LogP contribution in [0.2, 0.25) is 0 Å². The highest BCUT2D eigenvalue weighted by Crippen LogP contribution is 2.34. The number of benzene rings is 1. The monoisotopic (exact) mass is 446 g/mol. The maximum atomic E-state index is 11.6. The quantitative estimate of drug-likeness (QED) is 0.464. The van der Waals surface area contributed by atoms with E-state index in [1.54, 1.807) is 12.3 Å². The van der Waals surface area contributed by atoms with E-state index in [2.05, 4.69) is 67.4 Å². The van der Waals surface area contributed by atoms with Gasteiger partial charge in [-0.05, 0) is 43.1 Å². The molecule has 33 heavy (non-hydrogen) atoms. The highest BCUT2D eigenvalue weighted by atomic mass is 16.5. The summed E-state index contributed by atoms with van der Waals surface area (Å²) in [5.74, 6) is 1.30. The largest absolute Gasteiger partial charge is 0.375 e. The molecule has 1 saturated heterocycles. The first kappa shape index (κ1) is 21.3. The van der Waals surface area contributed by atoms with Crippen LogP contribution < -0.4 is 5.32 Å². The van der Waals surface area contributed by atoms with Gasteiger partial charge in [0.1, 0.15) is 12.4 Å². The van der Waals surface area contributed by atoms with Crippen LogP contribution in [0.5, 0.6) is 0 Å². The van der Waals surface area contributed by atoms with Gasteiger partial charge < -0.3 is 19.1 Å². The molecule has 1 amide bonds.